The molecule has 1 fully saturated rings. The molecule has 0 spiro atoms. The minimum absolute atomic E-state index is 0.0588. The summed E-state index contributed by atoms with van der Waals surface area (Å²) in [5.41, 5.74) is 1.95. The molecular formula is C24H21NO5S. The van der Waals surface area contributed by atoms with Crippen molar-refractivity contribution < 1.29 is 24.2 Å². The maximum atomic E-state index is 13.1. The van der Waals surface area contributed by atoms with Crippen LogP contribution in [0.15, 0.2) is 65.6 Å². The fourth-order valence-corrected chi connectivity index (χ4v) is 4.70. The van der Waals surface area contributed by atoms with Gasteiger partial charge in [-0.3, -0.25) is 14.5 Å². The molecule has 1 atom stereocenters. The number of hydrogen-bond donors (Lipinski definition) is 1. The van der Waals surface area contributed by atoms with Crippen LogP contribution in [0, 0.1) is 6.92 Å². The van der Waals surface area contributed by atoms with Crippen LogP contribution in [-0.2, 0) is 9.59 Å². The average Bonchev–Trinajstić information content (AvgIpc) is 3.33. The van der Waals surface area contributed by atoms with Gasteiger partial charge in [-0.25, -0.2) is 0 Å². The number of thiophene rings is 1. The zero-order valence-corrected chi connectivity index (χ0v) is 18.1. The highest BCUT2D eigenvalue weighted by Gasteiger charge is 2.48. The number of carbonyl (C=O) groups excluding carboxylic acids is 2. The van der Waals surface area contributed by atoms with Crippen LogP contribution < -0.4 is 14.4 Å². The summed E-state index contributed by atoms with van der Waals surface area (Å²) in [6.07, 6.45) is 0. The molecule has 0 radical (unpaired) electrons. The largest absolute Gasteiger partial charge is 0.507 e. The molecule has 1 unspecified atom stereocenters. The summed E-state index contributed by atoms with van der Waals surface area (Å²) in [7, 11) is 3.09. The van der Waals surface area contributed by atoms with Crippen molar-refractivity contribution in [3.8, 4) is 11.5 Å². The molecule has 0 aliphatic carbocycles. The molecule has 0 bridgehead atoms. The van der Waals surface area contributed by atoms with Crippen molar-refractivity contribution in [1.82, 2.24) is 0 Å². The summed E-state index contributed by atoms with van der Waals surface area (Å²) in [5, 5.41) is 13.0. The van der Waals surface area contributed by atoms with Crippen molar-refractivity contribution in [2.24, 2.45) is 0 Å². The lowest BCUT2D eigenvalue weighted by Crippen LogP contribution is -2.29. The lowest BCUT2D eigenvalue weighted by atomic mass is 9.98. The van der Waals surface area contributed by atoms with Crippen LogP contribution in [0.25, 0.3) is 5.76 Å². The topological polar surface area (TPSA) is 76.1 Å². The number of nitrogens with zero attached hydrogens (tertiary/aromatic N) is 1. The third kappa shape index (κ3) is 3.57. The number of ketones is 1. The van der Waals surface area contributed by atoms with Crippen LogP contribution in [0.2, 0.25) is 0 Å². The molecular weight excluding hydrogens is 414 g/mol. The number of ether oxygens (including phenoxy) is 2. The molecule has 1 aliphatic heterocycles. The summed E-state index contributed by atoms with van der Waals surface area (Å²) in [6, 6.07) is 14.9. The number of hydrogen-bond acceptors (Lipinski definition) is 6. The van der Waals surface area contributed by atoms with Crippen LogP contribution in [0.1, 0.15) is 22.0 Å². The second kappa shape index (κ2) is 8.28. The van der Waals surface area contributed by atoms with Crippen molar-refractivity contribution in [3.63, 3.8) is 0 Å². The molecule has 158 valence electrons. The number of anilines is 1. The van der Waals surface area contributed by atoms with Crippen molar-refractivity contribution in [2.75, 3.05) is 19.1 Å². The normalized spacial score (nSPS) is 17.8. The van der Waals surface area contributed by atoms with Gasteiger partial charge in [-0.1, -0.05) is 6.07 Å². The molecule has 1 aromatic heterocycles. The van der Waals surface area contributed by atoms with E-state index in [-0.39, 0.29) is 11.3 Å². The Kier molecular flexibility index (Phi) is 5.52. The monoisotopic (exact) mass is 435 g/mol. The molecule has 6 nitrogen and oxygen atoms in total. The minimum Gasteiger partial charge on any atom is -0.507 e. The highest BCUT2D eigenvalue weighted by molar-refractivity contribution is 7.10. The summed E-state index contributed by atoms with van der Waals surface area (Å²) in [5.74, 6) is -0.450. The van der Waals surface area contributed by atoms with Gasteiger partial charge in [0.1, 0.15) is 23.3 Å². The van der Waals surface area contributed by atoms with E-state index in [1.165, 1.54) is 23.3 Å². The summed E-state index contributed by atoms with van der Waals surface area (Å²) in [4.78, 5) is 28.5. The molecule has 2 heterocycles. The molecule has 3 aromatic rings. The number of aliphatic hydroxyl groups excluding tert-OH is 1. The number of rotatable bonds is 5. The van der Waals surface area contributed by atoms with Crippen molar-refractivity contribution in [3.05, 3.63) is 81.6 Å². The number of methoxy groups -OCH3 is 2. The third-order valence-corrected chi connectivity index (χ3v) is 6.36. The average molecular weight is 436 g/mol. The zero-order chi connectivity index (χ0) is 22.1. The number of amides is 1. The van der Waals surface area contributed by atoms with Gasteiger partial charge in [0, 0.05) is 22.2 Å². The van der Waals surface area contributed by atoms with Crippen LogP contribution in [0.3, 0.4) is 0 Å². The third-order valence-electron chi connectivity index (χ3n) is 5.29. The van der Waals surface area contributed by atoms with Gasteiger partial charge in [0.05, 0.1) is 19.8 Å². The van der Waals surface area contributed by atoms with Gasteiger partial charge in [0.15, 0.2) is 0 Å². The van der Waals surface area contributed by atoms with Crippen LogP contribution in [0.5, 0.6) is 11.5 Å². The summed E-state index contributed by atoms with van der Waals surface area (Å²) >= 11 is 1.44. The fraction of sp³-hybridized carbons (Fsp3) is 0.167. The first kappa shape index (κ1) is 20.7. The highest BCUT2D eigenvalue weighted by Crippen LogP contribution is 2.45. The van der Waals surface area contributed by atoms with Gasteiger partial charge in [-0.15, -0.1) is 11.3 Å². The standard InChI is InChI=1S/C24H21NO5S/c1-14-11-12-31-23(14)20-19(21(26)15-7-9-17(29-2)10-8-15)22(27)24(28)25(20)16-5-4-6-18(13-16)30-3/h4-13,20,26H,1-3H3/b21-19-. The van der Waals surface area contributed by atoms with Gasteiger partial charge in [-0.05, 0) is 60.3 Å². The smallest absolute Gasteiger partial charge is 0.300 e. The van der Waals surface area contributed by atoms with Crippen molar-refractivity contribution in [2.45, 2.75) is 13.0 Å². The van der Waals surface area contributed by atoms with Crippen LogP contribution in [0.4, 0.5) is 5.69 Å². The van der Waals surface area contributed by atoms with E-state index in [2.05, 4.69) is 0 Å². The molecule has 0 saturated carbocycles. The van der Waals surface area contributed by atoms with Gasteiger partial charge in [-0.2, -0.15) is 0 Å². The molecule has 1 amide bonds. The first-order valence-corrected chi connectivity index (χ1v) is 10.5. The predicted molar refractivity (Wildman–Crippen MR) is 120 cm³/mol. The van der Waals surface area contributed by atoms with Gasteiger partial charge < -0.3 is 14.6 Å². The number of carbonyl (C=O) groups is 2. The van der Waals surface area contributed by atoms with E-state index in [9.17, 15) is 14.7 Å². The Labute approximate surface area is 184 Å². The first-order chi connectivity index (χ1) is 15.0. The van der Waals surface area contributed by atoms with Crippen molar-refractivity contribution >= 4 is 34.5 Å². The SMILES string of the molecule is COc1ccc(/C(O)=C2/C(=O)C(=O)N(c3cccc(OC)c3)C2c2sccc2C)cc1. The van der Waals surface area contributed by atoms with E-state index in [1.807, 2.05) is 18.4 Å². The molecule has 2 aromatic carbocycles. The Morgan fingerprint density at radius 3 is 2.32 bits per heavy atom. The number of aryl methyl sites for hydroxylation is 1. The van der Waals surface area contributed by atoms with Gasteiger partial charge in [0.2, 0.25) is 0 Å². The van der Waals surface area contributed by atoms with Gasteiger partial charge >= 0.3 is 0 Å². The number of benzene rings is 2. The first-order valence-electron chi connectivity index (χ1n) is 9.59. The van der Waals surface area contributed by atoms with E-state index < -0.39 is 17.7 Å². The van der Waals surface area contributed by atoms with Crippen molar-refractivity contribution in [1.29, 1.82) is 0 Å². The Bertz CT molecular complexity index is 1180. The van der Waals surface area contributed by atoms with E-state index in [0.717, 1.165) is 10.4 Å². The molecule has 31 heavy (non-hydrogen) atoms. The Morgan fingerprint density at radius 2 is 1.71 bits per heavy atom. The van der Waals surface area contributed by atoms with E-state index in [4.69, 9.17) is 9.47 Å². The number of aliphatic hydroxyl groups is 1. The molecule has 1 aliphatic rings. The minimum atomic E-state index is -0.741. The van der Waals surface area contributed by atoms with Gasteiger partial charge in [0.25, 0.3) is 11.7 Å². The highest BCUT2D eigenvalue weighted by atomic mass is 32.1. The lowest BCUT2D eigenvalue weighted by molar-refractivity contribution is -0.132. The van der Waals surface area contributed by atoms with E-state index >= 15 is 0 Å². The molecule has 4 rings (SSSR count). The summed E-state index contributed by atoms with van der Waals surface area (Å²) in [6.45, 7) is 1.92. The Hall–Kier alpha value is -3.58. The Balaban J connectivity index is 1.92. The lowest BCUT2D eigenvalue weighted by Gasteiger charge is -2.25. The second-order valence-electron chi connectivity index (χ2n) is 7.07. The molecule has 7 heteroatoms. The van der Waals surface area contributed by atoms with Crippen LogP contribution >= 0.6 is 11.3 Å². The number of Topliss-reactive ketones (excluding diaryl/α,β-unsaturated/α-hetero) is 1. The molecule has 1 N–H and O–H groups in total. The maximum absolute atomic E-state index is 13.1. The quantitative estimate of drug-likeness (QED) is 0.357. The predicted octanol–water partition coefficient (Wildman–Crippen LogP) is 4.70. The molecule has 1 saturated heterocycles. The zero-order valence-electron chi connectivity index (χ0n) is 17.3. The fourth-order valence-electron chi connectivity index (χ4n) is 3.68. The van der Waals surface area contributed by atoms with Crippen LogP contribution in [-0.4, -0.2) is 31.0 Å². The maximum Gasteiger partial charge on any atom is 0.300 e. The van der Waals surface area contributed by atoms with E-state index in [0.29, 0.717) is 22.7 Å². The second-order valence-corrected chi connectivity index (χ2v) is 8.01. The van der Waals surface area contributed by atoms with E-state index in [1.54, 1.807) is 55.6 Å². The Morgan fingerprint density at radius 1 is 1.00 bits per heavy atom. The summed E-state index contributed by atoms with van der Waals surface area (Å²) < 4.78 is 10.5.